The van der Waals surface area contributed by atoms with E-state index in [4.69, 9.17) is 9.47 Å². The summed E-state index contributed by atoms with van der Waals surface area (Å²) in [5.74, 6) is 5.55. The van der Waals surface area contributed by atoms with E-state index in [1.165, 1.54) is 31.2 Å². The number of hydrogen-bond acceptors (Lipinski definition) is 4. The molecule has 42 heavy (non-hydrogen) atoms. The molecule has 0 saturated heterocycles. The maximum absolute atomic E-state index is 13.5. The average Bonchev–Trinajstić information content (AvgIpc) is 2.92. The number of unbranched alkanes of at least 4 members (excludes halogenated alkanes) is 3. The Labute approximate surface area is 251 Å². The van der Waals surface area contributed by atoms with Crippen LogP contribution < -0.4 is 9.64 Å². The van der Waals surface area contributed by atoms with Gasteiger partial charge < -0.3 is 14.4 Å². The molecule has 0 unspecified atom stereocenters. The highest BCUT2D eigenvalue weighted by molar-refractivity contribution is 5.95. The first-order valence-corrected chi connectivity index (χ1v) is 15.0. The molecule has 1 aliphatic rings. The Kier molecular flexibility index (Phi) is 9.78. The molecule has 5 nitrogen and oxygen atoms in total. The zero-order valence-corrected chi connectivity index (χ0v) is 25.9. The number of hydrogen-bond donors (Lipinski definition) is 0. The molecule has 220 valence electrons. The number of cyclic esters (lactones) is 1. The van der Waals surface area contributed by atoms with Crippen LogP contribution in [-0.2, 0) is 22.5 Å². The number of amides is 1. The predicted octanol–water partition coefficient (Wildman–Crippen LogP) is 8.46. The fourth-order valence-corrected chi connectivity index (χ4v) is 4.92. The standard InChI is InChI=1S/C37H43NO4/c1-7-8-9-10-11-27-12-14-28(15-13-27)16-17-29-18-21-31(22-19-29)38(34(39)25-36(2,3)4)26-30-20-23-32-33(24-30)41-37(5,6)42-35(32)40/h12-15,18-24H,7-11,25-26H2,1-6H3. The fourth-order valence-electron chi connectivity index (χ4n) is 4.92. The number of anilines is 1. The Balaban J connectivity index is 1.50. The molecule has 0 spiro atoms. The van der Waals surface area contributed by atoms with Gasteiger partial charge in [0.05, 0.1) is 6.54 Å². The molecule has 4 rings (SSSR count). The molecule has 0 aromatic heterocycles. The summed E-state index contributed by atoms with van der Waals surface area (Å²) in [6, 6.07) is 21.7. The number of aryl methyl sites for hydroxylation is 1. The third-order valence-corrected chi connectivity index (χ3v) is 7.09. The molecule has 3 aromatic carbocycles. The Hall–Kier alpha value is -4.04. The van der Waals surface area contributed by atoms with Gasteiger partial charge in [-0.3, -0.25) is 4.79 Å². The van der Waals surface area contributed by atoms with E-state index in [-0.39, 0.29) is 11.3 Å². The number of esters is 1. The average molecular weight is 566 g/mol. The number of rotatable bonds is 9. The van der Waals surface area contributed by atoms with Crippen molar-refractivity contribution in [1.82, 2.24) is 0 Å². The van der Waals surface area contributed by atoms with E-state index < -0.39 is 11.8 Å². The molecular formula is C37H43NO4. The lowest BCUT2D eigenvalue weighted by molar-refractivity contribution is -0.127. The number of fused-ring (bicyclic) bond motifs is 1. The first kappa shape index (κ1) is 30.9. The van der Waals surface area contributed by atoms with E-state index in [1.54, 1.807) is 24.8 Å². The van der Waals surface area contributed by atoms with Crippen LogP contribution in [0.25, 0.3) is 0 Å². The quantitative estimate of drug-likeness (QED) is 0.148. The van der Waals surface area contributed by atoms with E-state index >= 15 is 0 Å². The lowest BCUT2D eigenvalue weighted by Crippen LogP contribution is -2.39. The second kappa shape index (κ2) is 13.3. The minimum absolute atomic E-state index is 0.0227. The lowest BCUT2D eigenvalue weighted by atomic mass is 9.91. The van der Waals surface area contributed by atoms with Crippen LogP contribution in [0.3, 0.4) is 0 Å². The lowest BCUT2D eigenvalue weighted by Gasteiger charge is -2.32. The molecule has 1 aliphatic heterocycles. The fraction of sp³-hybridized carbons (Fsp3) is 0.405. The van der Waals surface area contributed by atoms with Crippen molar-refractivity contribution >= 4 is 17.6 Å². The van der Waals surface area contributed by atoms with Gasteiger partial charge in [-0.05, 0) is 77.9 Å². The molecular weight excluding hydrogens is 522 g/mol. The van der Waals surface area contributed by atoms with Crippen LogP contribution in [0, 0.1) is 17.3 Å². The molecule has 5 heteroatoms. The minimum atomic E-state index is -1.04. The van der Waals surface area contributed by atoms with Crippen molar-refractivity contribution < 1.29 is 19.1 Å². The number of carbonyl (C=O) groups is 2. The summed E-state index contributed by atoms with van der Waals surface area (Å²) >= 11 is 0. The molecule has 1 heterocycles. The summed E-state index contributed by atoms with van der Waals surface area (Å²) in [6.07, 6.45) is 6.57. The van der Waals surface area contributed by atoms with E-state index in [0.29, 0.717) is 24.3 Å². The highest BCUT2D eigenvalue weighted by atomic mass is 16.7. The largest absolute Gasteiger partial charge is 0.452 e. The molecule has 1 amide bonds. The van der Waals surface area contributed by atoms with Crippen LogP contribution in [0.15, 0.2) is 66.7 Å². The molecule has 3 aromatic rings. The predicted molar refractivity (Wildman–Crippen MR) is 169 cm³/mol. The second-order valence-corrected chi connectivity index (χ2v) is 12.7. The number of benzene rings is 3. The maximum Gasteiger partial charge on any atom is 0.345 e. The van der Waals surface area contributed by atoms with Crippen LogP contribution in [0.5, 0.6) is 5.75 Å². The minimum Gasteiger partial charge on any atom is -0.452 e. The van der Waals surface area contributed by atoms with Crippen LogP contribution in [0.2, 0.25) is 0 Å². The van der Waals surface area contributed by atoms with Crippen molar-refractivity contribution in [2.75, 3.05) is 4.90 Å². The summed E-state index contributed by atoms with van der Waals surface area (Å²) in [4.78, 5) is 27.7. The smallest absolute Gasteiger partial charge is 0.345 e. The molecule has 0 aliphatic carbocycles. The monoisotopic (exact) mass is 565 g/mol. The van der Waals surface area contributed by atoms with Gasteiger partial charge in [-0.1, -0.05) is 77.0 Å². The zero-order valence-electron chi connectivity index (χ0n) is 25.9. The van der Waals surface area contributed by atoms with Gasteiger partial charge in [0, 0.05) is 37.1 Å². The van der Waals surface area contributed by atoms with Gasteiger partial charge in [0.2, 0.25) is 11.7 Å². The van der Waals surface area contributed by atoms with E-state index in [9.17, 15) is 9.59 Å². The highest BCUT2D eigenvalue weighted by Gasteiger charge is 2.34. The van der Waals surface area contributed by atoms with E-state index in [2.05, 4.69) is 63.8 Å². The van der Waals surface area contributed by atoms with Crippen LogP contribution in [-0.4, -0.2) is 17.7 Å². The Morgan fingerprint density at radius 3 is 2.07 bits per heavy atom. The Morgan fingerprint density at radius 1 is 0.833 bits per heavy atom. The van der Waals surface area contributed by atoms with Crippen molar-refractivity contribution in [3.05, 3.63) is 94.5 Å². The second-order valence-electron chi connectivity index (χ2n) is 12.7. The van der Waals surface area contributed by atoms with Crippen molar-refractivity contribution in [1.29, 1.82) is 0 Å². The van der Waals surface area contributed by atoms with Crippen molar-refractivity contribution in [3.8, 4) is 17.6 Å². The van der Waals surface area contributed by atoms with Gasteiger partial charge in [0.15, 0.2) is 0 Å². The van der Waals surface area contributed by atoms with Crippen molar-refractivity contribution in [2.24, 2.45) is 5.41 Å². The van der Waals surface area contributed by atoms with Gasteiger partial charge in [-0.15, -0.1) is 0 Å². The number of ether oxygens (including phenoxy) is 2. The summed E-state index contributed by atoms with van der Waals surface area (Å²) in [5, 5.41) is 0. The topological polar surface area (TPSA) is 55.8 Å². The Morgan fingerprint density at radius 2 is 1.45 bits per heavy atom. The molecule has 0 bridgehead atoms. The molecule has 0 saturated carbocycles. The third-order valence-electron chi connectivity index (χ3n) is 7.09. The van der Waals surface area contributed by atoms with Gasteiger partial charge in [-0.2, -0.15) is 0 Å². The first-order valence-electron chi connectivity index (χ1n) is 15.0. The summed E-state index contributed by atoms with van der Waals surface area (Å²) in [7, 11) is 0. The SMILES string of the molecule is CCCCCCc1ccc(C#Cc2ccc(N(Cc3ccc4c(c3)OC(C)(C)OC4=O)C(=O)CC(C)(C)C)cc2)cc1. The van der Waals surface area contributed by atoms with Gasteiger partial charge >= 0.3 is 5.97 Å². The summed E-state index contributed by atoms with van der Waals surface area (Å²) in [6.45, 7) is 12.2. The molecule has 0 fully saturated rings. The van der Waals surface area contributed by atoms with E-state index in [1.807, 2.05) is 36.4 Å². The molecule has 0 atom stereocenters. The van der Waals surface area contributed by atoms with Gasteiger partial charge in [0.1, 0.15) is 11.3 Å². The molecule has 0 radical (unpaired) electrons. The zero-order chi connectivity index (χ0) is 30.3. The van der Waals surface area contributed by atoms with Gasteiger partial charge in [-0.25, -0.2) is 4.79 Å². The maximum atomic E-state index is 13.5. The van der Waals surface area contributed by atoms with Crippen LogP contribution in [0.1, 0.15) is 106 Å². The van der Waals surface area contributed by atoms with E-state index in [0.717, 1.165) is 28.8 Å². The van der Waals surface area contributed by atoms with Crippen molar-refractivity contribution in [3.63, 3.8) is 0 Å². The Bertz CT molecular complexity index is 1450. The number of nitrogens with zero attached hydrogens (tertiary/aromatic N) is 1. The highest BCUT2D eigenvalue weighted by Crippen LogP contribution is 2.33. The molecule has 0 N–H and O–H groups in total. The van der Waals surface area contributed by atoms with Crippen LogP contribution in [0.4, 0.5) is 5.69 Å². The van der Waals surface area contributed by atoms with Crippen molar-refractivity contribution in [2.45, 2.75) is 92.4 Å². The van der Waals surface area contributed by atoms with Gasteiger partial charge in [0.25, 0.3) is 0 Å². The summed E-state index contributed by atoms with van der Waals surface area (Å²) in [5.41, 5.74) is 5.09. The summed E-state index contributed by atoms with van der Waals surface area (Å²) < 4.78 is 11.2. The first-order chi connectivity index (χ1) is 19.9. The normalized spacial score (nSPS) is 13.7. The third kappa shape index (κ3) is 8.73. The number of carbonyl (C=O) groups excluding carboxylic acids is 2. The van der Waals surface area contributed by atoms with Crippen LogP contribution >= 0.6 is 0 Å².